The molecule has 0 fully saturated rings. The van der Waals surface area contributed by atoms with Gasteiger partial charge in [-0.05, 0) is 54.1 Å². The summed E-state index contributed by atoms with van der Waals surface area (Å²) in [5, 5.41) is 13.4. The van der Waals surface area contributed by atoms with Gasteiger partial charge in [-0.3, -0.25) is 14.3 Å². The van der Waals surface area contributed by atoms with Gasteiger partial charge < -0.3 is 0 Å². The lowest BCUT2D eigenvalue weighted by Crippen LogP contribution is -2.20. The molecule has 2 aromatic heterocycles. The third-order valence-corrected chi connectivity index (χ3v) is 5.81. The Morgan fingerprint density at radius 2 is 1.71 bits per heavy atom. The average molecular weight is 517 g/mol. The largest absolute Gasteiger partial charge is 0.416 e. The maximum atomic E-state index is 12.6. The van der Waals surface area contributed by atoms with Crippen molar-refractivity contribution in [3.05, 3.63) is 89.2 Å². The molecule has 0 aliphatic carbocycles. The number of benzene rings is 2. The number of hydrazone groups is 1. The fraction of sp³-hybridized carbons (Fsp3) is 0.0870. The highest BCUT2D eigenvalue weighted by Gasteiger charge is 2.29. The number of nitrogens with one attached hydrogen (secondary N) is 1. The number of carbonyl (C=O) groups is 1. The van der Waals surface area contributed by atoms with E-state index in [1.807, 2.05) is 12.1 Å². The highest BCUT2D eigenvalue weighted by atomic mass is 35.5. The molecule has 1 N–H and O–H groups in total. The van der Waals surface area contributed by atoms with Crippen LogP contribution in [0, 0.1) is 0 Å². The number of aromatic nitrogens is 4. The maximum Gasteiger partial charge on any atom is 0.416 e. The van der Waals surface area contributed by atoms with E-state index in [1.165, 1.54) is 18.3 Å². The second-order valence-electron chi connectivity index (χ2n) is 7.06. The molecule has 0 bridgehead atoms. The first-order valence-corrected chi connectivity index (χ1v) is 11.4. The number of hydrogen-bond donors (Lipinski definition) is 1. The zero-order valence-corrected chi connectivity index (χ0v) is 19.3. The molecule has 2 aromatic carbocycles. The molecule has 0 saturated carbocycles. The molecule has 0 aliphatic heterocycles. The number of carbonyl (C=O) groups excluding carboxylic acids is 1. The summed E-state index contributed by atoms with van der Waals surface area (Å²) in [6, 6.07) is 15.1. The van der Waals surface area contributed by atoms with Crippen LogP contribution in [-0.4, -0.2) is 37.6 Å². The van der Waals surface area contributed by atoms with Crippen LogP contribution < -0.4 is 5.43 Å². The molecule has 2 heterocycles. The van der Waals surface area contributed by atoms with Crippen LogP contribution in [0.5, 0.6) is 0 Å². The van der Waals surface area contributed by atoms with Crippen molar-refractivity contribution in [2.24, 2.45) is 5.10 Å². The average Bonchev–Trinajstić information content (AvgIpc) is 3.27. The number of amides is 1. The van der Waals surface area contributed by atoms with Gasteiger partial charge in [-0.15, -0.1) is 10.2 Å². The van der Waals surface area contributed by atoms with E-state index in [-0.39, 0.29) is 5.75 Å². The first kappa shape index (κ1) is 24.4. The molecular weight excluding hydrogens is 501 g/mol. The summed E-state index contributed by atoms with van der Waals surface area (Å²) in [6.07, 6.45) is 0.141. The normalized spacial score (nSPS) is 11.7. The molecule has 1 amide bonds. The van der Waals surface area contributed by atoms with Crippen molar-refractivity contribution in [1.82, 2.24) is 25.2 Å². The van der Waals surface area contributed by atoms with E-state index in [0.29, 0.717) is 21.6 Å². The maximum absolute atomic E-state index is 12.6. The quantitative estimate of drug-likeness (QED) is 0.206. The van der Waals surface area contributed by atoms with Crippen molar-refractivity contribution in [3.63, 3.8) is 0 Å². The van der Waals surface area contributed by atoms with Crippen molar-refractivity contribution < 1.29 is 18.0 Å². The Hall–Kier alpha value is -3.70. The number of pyridine rings is 1. The third kappa shape index (κ3) is 6.25. The number of hydrogen-bond acceptors (Lipinski definition) is 6. The Kier molecular flexibility index (Phi) is 7.47. The fourth-order valence-electron chi connectivity index (χ4n) is 2.97. The van der Waals surface area contributed by atoms with Crippen LogP contribution in [0.4, 0.5) is 13.2 Å². The summed E-state index contributed by atoms with van der Waals surface area (Å²) in [7, 11) is 0. The van der Waals surface area contributed by atoms with Crippen LogP contribution in [0.25, 0.3) is 17.1 Å². The van der Waals surface area contributed by atoms with Gasteiger partial charge in [-0.25, -0.2) is 5.43 Å². The Bertz CT molecular complexity index is 1330. The molecule has 12 heteroatoms. The van der Waals surface area contributed by atoms with Crippen LogP contribution in [-0.2, 0) is 11.0 Å². The lowest BCUT2D eigenvalue weighted by Gasteiger charge is -2.10. The first-order valence-electron chi connectivity index (χ1n) is 10.0. The minimum absolute atomic E-state index is 0.0214. The minimum atomic E-state index is -4.41. The second kappa shape index (κ2) is 10.7. The topological polar surface area (TPSA) is 85.1 Å². The van der Waals surface area contributed by atoms with Gasteiger partial charge >= 0.3 is 6.18 Å². The summed E-state index contributed by atoms with van der Waals surface area (Å²) < 4.78 is 39.7. The van der Waals surface area contributed by atoms with Crippen LogP contribution in [0.1, 0.15) is 11.1 Å². The van der Waals surface area contributed by atoms with Crippen LogP contribution >= 0.6 is 23.4 Å². The number of halogens is 4. The first-order chi connectivity index (χ1) is 16.8. The zero-order valence-electron chi connectivity index (χ0n) is 17.8. The highest BCUT2D eigenvalue weighted by Crippen LogP contribution is 2.29. The van der Waals surface area contributed by atoms with Gasteiger partial charge in [0.2, 0.25) is 0 Å². The van der Waals surface area contributed by atoms with Gasteiger partial charge in [0.1, 0.15) is 0 Å². The number of rotatable bonds is 7. The van der Waals surface area contributed by atoms with Crippen molar-refractivity contribution in [1.29, 1.82) is 0 Å². The number of nitrogens with zero attached hydrogens (tertiary/aromatic N) is 5. The molecule has 0 unspecified atom stereocenters. The summed E-state index contributed by atoms with van der Waals surface area (Å²) in [5.41, 5.74) is 3.56. The van der Waals surface area contributed by atoms with E-state index in [0.717, 1.165) is 35.1 Å². The number of thioether (sulfide) groups is 1. The molecule has 0 aliphatic rings. The Balaban J connectivity index is 1.44. The molecule has 0 spiro atoms. The smallest absolute Gasteiger partial charge is 0.272 e. The summed E-state index contributed by atoms with van der Waals surface area (Å²) in [6.45, 7) is 0. The number of alkyl halides is 3. The van der Waals surface area contributed by atoms with Crippen LogP contribution in [0.2, 0.25) is 5.02 Å². The van der Waals surface area contributed by atoms with Crippen molar-refractivity contribution >= 4 is 35.5 Å². The molecule has 7 nitrogen and oxygen atoms in total. The summed E-state index contributed by atoms with van der Waals surface area (Å²) in [4.78, 5) is 16.3. The van der Waals surface area contributed by atoms with Gasteiger partial charge in [0.15, 0.2) is 11.0 Å². The van der Waals surface area contributed by atoms with Gasteiger partial charge in [0.05, 0.1) is 17.5 Å². The molecule has 35 heavy (non-hydrogen) atoms. The monoisotopic (exact) mass is 516 g/mol. The molecule has 0 atom stereocenters. The standard InChI is InChI=1S/C23H16ClF3N6OS/c24-18-5-7-19(8-6-18)33-21(16-9-11-28-12-10-16)31-32-22(33)35-14-20(34)30-29-13-15-1-3-17(4-2-15)23(25,26)27/h1-13H,14H2,(H,30,34). The molecule has 4 aromatic rings. The van der Waals surface area contributed by atoms with E-state index in [9.17, 15) is 18.0 Å². The Morgan fingerprint density at radius 1 is 1.03 bits per heavy atom. The van der Waals surface area contributed by atoms with Gasteiger partial charge in [-0.1, -0.05) is 35.5 Å². The van der Waals surface area contributed by atoms with E-state index < -0.39 is 17.6 Å². The van der Waals surface area contributed by atoms with Crippen molar-refractivity contribution in [2.75, 3.05) is 5.75 Å². The lowest BCUT2D eigenvalue weighted by atomic mass is 10.1. The van der Waals surface area contributed by atoms with Gasteiger partial charge in [-0.2, -0.15) is 18.3 Å². The summed E-state index contributed by atoms with van der Waals surface area (Å²) in [5.74, 6) is 0.124. The van der Waals surface area contributed by atoms with Gasteiger partial charge in [0.25, 0.3) is 5.91 Å². The third-order valence-electron chi connectivity index (χ3n) is 4.63. The molecule has 0 saturated heterocycles. The molecular formula is C23H16ClF3N6OS. The Labute approximate surface area is 207 Å². The Morgan fingerprint density at radius 3 is 2.37 bits per heavy atom. The van der Waals surface area contributed by atoms with E-state index in [4.69, 9.17) is 11.6 Å². The lowest BCUT2D eigenvalue weighted by molar-refractivity contribution is -0.137. The van der Waals surface area contributed by atoms with Gasteiger partial charge in [0, 0.05) is 28.7 Å². The van der Waals surface area contributed by atoms with Crippen molar-refractivity contribution in [2.45, 2.75) is 11.3 Å². The van der Waals surface area contributed by atoms with Crippen molar-refractivity contribution in [3.8, 4) is 17.1 Å². The summed E-state index contributed by atoms with van der Waals surface area (Å²) >= 11 is 7.17. The van der Waals surface area contributed by atoms with Crippen LogP contribution in [0.15, 0.2) is 83.3 Å². The zero-order chi connectivity index (χ0) is 24.8. The molecule has 178 valence electrons. The SMILES string of the molecule is O=C(CSc1nnc(-c2ccncc2)n1-c1ccc(Cl)cc1)NN=Cc1ccc(C(F)(F)F)cc1. The molecule has 4 rings (SSSR count). The van der Waals surface area contributed by atoms with E-state index >= 15 is 0 Å². The second-order valence-corrected chi connectivity index (χ2v) is 8.43. The fourth-order valence-corrected chi connectivity index (χ4v) is 3.84. The van der Waals surface area contributed by atoms with E-state index in [2.05, 4.69) is 25.7 Å². The predicted molar refractivity (Wildman–Crippen MR) is 128 cm³/mol. The van der Waals surface area contributed by atoms with E-state index in [1.54, 1.807) is 41.2 Å². The van der Waals surface area contributed by atoms with Crippen LogP contribution in [0.3, 0.4) is 0 Å². The predicted octanol–water partition coefficient (Wildman–Crippen LogP) is 5.24. The molecule has 0 radical (unpaired) electrons. The minimum Gasteiger partial charge on any atom is -0.272 e. The highest BCUT2D eigenvalue weighted by molar-refractivity contribution is 7.99.